The third-order valence-corrected chi connectivity index (χ3v) is 6.21. The van der Waals surface area contributed by atoms with Gasteiger partial charge in [-0.05, 0) is 43.7 Å². The van der Waals surface area contributed by atoms with Gasteiger partial charge in [-0.25, -0.2) is 4.98 Å². The monoisotopic (exact) mass is 361 g/mol. The summed E-state index contributed by atoms with van der Waals surface area (Å²) in [5.41, 5.74) is 0.493. The summed E-state index contributed by atoms with van der Waals surface area (Å²) in [6.45, 7) is 8.25. The maximum Gasteiger partial charge on any atom is 0.226 e. The Bertz CT molecular complexity index is 677. The van der Waals surface area contributed by atoms with Gasteiger partial charge in [0.2, 0.25) is 5.89 Å². The van der Waals surface area contributed by atoms with Gasteiger partial charge in [-0.2, -0.15) is 4.98 Å². The number of piperidine rings is 1. The van der Waals surface area contributed by atoms with Crippen molar-refractivity contribution in [1.29, 1.82) is 0 Å². The molecule has 1 saturated heterocycles. The smallest absolute Gasteiger partial charge is 0.226 e. The standard InChI is InChI=1S/C18H27N5OS/c1-13(2)9-16-21-15(22-24-16)11-23(12-17-20-7-8-25-17)14-10-18(14)3-5-19-6-4-18/h7-8,13-14,19H,3-6,9-12H2,1-2H3/t14-/m1/s1. The molecule has 1 saturated carbocycles. The van der Waals surface area contributed by atoms with Crippen molar-refractivity contribution >= 4 is 11.3 Å². The molecule has 2 aromatic heterocycles. The van der Waals surface area contributed by atoms with E-state index in [1.54, 1.807) is 11.3 Å². The van der Waals surface area contributed by atoms with Crippen LogP contribution in [-0.4, -0.2) is 39.2 Å². The zero-order chi connectivity index (χ0) is 17.3. The van der Waals surface area contributed by atoms with Gasteiger partial charge in [-0.3, -0.25) is 4.90 Å². The molecular formula is C18H27N5OS. The number of nitrogens with one attached hydrogen (secondary N) is 1. The summed E-state index contributed by atoms with van der Waals surface area (Å²) in [4.78, 5) is 11.6. The topological polar surface area (TPSA) is 67.1 Å². The maximum absolute atomic E-state index is 5.44. The van der Waals surface area contributed by atoms with Crippen LogP contribution in [-0.2, 0) is 19.5 Å². The minimum absolute atomic E-state index is 0.493. The third kappa shape index (κ3) is 3.93. The Morgan fingerprint density at radius 1 is 1.36 bits per heavy atom. The predicted octanol–water partition coefficient (Wildman–Crippen LogP) is 2.87. The van der Waals surface area contributed by atoms with Gasteiger partial charge in [0.05, 0.1) is 13.1 Å². The summed E-state index contributed by atoms with van der Waals surface area (Å²) in [6.07, 6.45) is 6.57. The lowest BCUT2D eigenvalue weighted by Gasteiger charge is -2.28. The molecule has 1 N–H and O–H groups in total. The van der Waals surface area contributed by atoms with Crippen LogP contribution >= 0.6 is 11.3 Å². The molecule has 1 spiro atoms. The predicted molar refractivity (Wildman–Crippen MR) is 97.1 cm³/mol. The van der Waals surface area contributed by atoms with Gasteiger partial charge < -0.3 is 9.84 Å². The lowest BCUT2D eigenvalue weighted by Crippen LogP contribution is -2.36. The molecule has 2 fully saturated rings. The van der Waals surface area contributed by atoms with E-state index in [0.29, 0.717) is 17.4 Å². The van der Waals surface area contributed by atoms with Gasteiger partial charge in [-0.1, -0.05) is 19.0 Å². The van der Waals surface area contributed by atoms with Crippen LogP contribution in [0, 0.1) is 11.3 Å². The highest BCUT2D eigenvalue weighted by atomic mass is 32.1. The van der Waals surface area contributed by atoms with Crippen LogP contribution in [0.3, 0.4) is 0 Å². The van der Waals surface area contributed by atoms with Crippen molar-refractivity contribution in [2.24, 2.45) is 11.3 Å². The summed E-state index contributed by atoms with van der Waals surface area (Å²) in [5.74, 6) is 2.09. The number of aromatic nitrogens is 3. The van der Waals surface area contributed by atoms with Crippen LogP contribution in [0.4, 0.5) is 0 Å². The molecule has 7 heteroatoms. The van der Waals surface area contributed by atoms with E-state index in [1.807, 2.05) is 6.20 Å². The summed E-state index contributed by atoms with van der Waals surface area (Å²) in [7, 11) is 0. The van der Waals surface area contributed by atoms with E-state index in [1.165, 1.54) is 24.3 Å². The van der Waals surface area contributed by atoms with E-state index < -0.39 is 0 Å². The van der Waals surface area contributed by atoms with E-state index in [0.717, 1.165) is 44.3 Å². The first kappa shape index (κ1) is 17.1. The molecular weight excluding hydrogens is 334 g/mol. The van der Waals surface area contributed by atoms with Crippen molar-refractivity contribution < 1.29 is 4.52 Å². The first-order valence-corrected chi connectivity index (χ1v) is 10.2. The highest BCUT2D eigenvalue weighted by Crippen LogP contribution is 2.56. The van der Waals surface area contributed by atoms with Gasteiger partial charge in [0.15, 0.2) is 5.82 Å². The van der Waals surface area contributed by atoms with Crippen LogP contribution in [0.2, 0.25) is 0 Å². The molecule has 25 heavy (non-hydrogen) atoms. The van der Waals surface area contributed by atoms with Crippen molar-refractivity contribution in [1.82, 2.24) is 25.3 Å². The fraction of sp³-hybridized carbons (Fsp3) is 0.722. The van der Waals surface area contributed by atoms with Crippen molar-refractivity contribution in [3.63, 3.8) is 0 Å². The van der Waals surface area contributed by atoms with Crippen molar-refractivity contribution in [3.8, 4) is 0 Å². The highest BCUT2D eigenvalue weighted by molar-refractivity contribution is 7.09. The Balaban J connectivity index is 1.47. The van der Waals surface area contributed by atoms with E-state index in [4.69, 9.17) is 4.52 Å². The number of hydrogen-bond acceptors (Lipinski definition) is 7. The summed E-state index contributed by atoms with van der Waals surface area (Å²) >= 11 is 1.73. The Morgan fingerprint density at radius 2 is 2.20 bits per heavy atom. The van der Waals surface area contributed by atoms with Crippen LogP contribution in [0.1, 0.15) is 49.8 Å². The molecule has 1 aliphatic heterocycles. The maximum atomic E-state index is 5.44. The molecule has 0 amide bonds. The second-order valence-corrected chi connectivity index (χ2v) is 8.84. The van der Waals surface area contributed by atoms with Gasteiger partial charge in [0.25, 0.3) is 0 Å². The second-order valence-electron chi connectivity index (χ2n) is 7.87. The van der Waals surface area contributed by atoms with Gasteiger partial charge in [0.1, 0.15) is 5.01 Å². The second kappa shape index (κ2) is 7.13. The number of hydrogen-bond donors (Lipinski definition) is 1. The summed E-state index contributed by atoms with van der Waals surface area (Å²) in [6, 6.07) is 0.616. The first-order valence-electron chi connectivity index (χ1n) is 9.29. The molecule has 1 atom stereocenters. The number of thiazole rings is 1. The van der Waals surface area contributed by atoms with E-state index in [9.17, 15) is 0 Å². The molecule has 4 rings (SSSR count). The fourth-order valence-electron chi connectivity index (χ4n) is 4.05. The van der Waals surface area contributed by atoms with Crippen molar-refractivity contribution in [3.05, 3.63) is 28.3 Å². The summed E-state index contributed by atoms with van der Waals surface area (Å²) in [5, 5.41) is 10.9. The molecule has 0 radical (unpaired) electrons. The molecule has 1 aliphatic carbocycles. The van der Waals surface area contributed by atoms with E-state index in [-0.39, 0.29) is 0 Å². The first-order chi connectivity index (χ1) is 12.1. The zero-order valence-corrected chi connectivity index (χ0v) is 15.9. The van der Waals surface area contributed by atoms with Gasteiger partial charge >= 0.3 is 0 Å². The highest BCUT2D eigenvalue weighted by Gasteiger charge is 2.56. The van der Waals surface area contributed by atoms with Gasteiger partial charge in [-0.15, -0.1) is 11.3 Å². The van der Waals surface area contributed by atoms with Crippen molar-refractivity contribution in [2.45, 2.75) is 58.7 Å². The average Bonchev–Trinajstić information content (AvgIpc) is 2.96. The third-order valence-electron chi connectivity index (χ3n) is 5.45. The van der Waals surface area contributed by atoms with E-state index >= 15 is 0 Å². The largest absolute Gasteiger partial charge is 0.339 e. The normalized spacial score (nSPS) is 22.2. The molecule has 2 aliphatic rings. The quantitative estimate of drug-likeness (QED) is 0.818. The van der Waals surface area contributed by atoms with Gasteiger partial charge in [0, 0.05) is 24.0 Å². The number of rotatable bonds is 7. The Morgan fingerprint density at radius 3 is 2.92 bits per heavy atom. The van der Waals surface area contributed by atoms with Crippen LogP contribution < -0.4 is 5.32 Å². The molecule has 0 aromatic carbocycles. The molecule has 3 heterocycles. The number of nitrogens with zero attached hydrogens (tertiary/aromatic N) is 4. The lowest BCUT2D eigenvalue weighted by molar-refractivity contribution is 0.182. The molecule has 0 unspecified atom stereocenters. The Kier molecular flexibility index (Phi) is 4.88. The molecule has 2 aromatic rings. The molecule has 0 bridgehead atoms. The average molecular weight is 362 g/mol. The van der Waals surface area contributed by atoms with Crippen LogP contribution in [0.25, 0.3) is 0 Å². The lowest BCUT2D eigenvalue weighted by atomic mass is 9.93. The molecule has 136 valence electrons. The summed E-state index contributed by atoms with van der Waals surface area (Å²) < 4.78 is 5.44. The Hall–Kier alpha value is -1.31. The van der Waals surface area contributed by atoms with Crippen LogP contribution in [0.15, 0.2) is 16.1 Å². The van der Waals surface area contributed by atoms with E-state index in [2.05, 4.69) is 44.6 Å². The van der Waals surface area contributed by atoms with Crippen LogP contribution in [0.5, 0.6) is 0 Å². The SMILES string of the molecule is CC(C)Cc1nc(CN(Cc2nccs2)[C@@H]2CC23CCNCC3)no1. The minimum atomic E-state index is 0.493. The minimum Gasteiger partial charge on any atom is -0.339 e. The molecule has 6 nitrogen and oxygen atoms in total. The zero-order valence-electron chi connectivity index (χ0n) is 15.1. The Labute approximate surface area is 153 Å². The van der Waals surface area contributed by atoms with Crippen molar-refractivity contribution in [2.75, 3.05) is 13.1 Å². The fourth-order valence-corrected chi connectivity index (χ4v) is 4.69.